The SMILES string of the molecule is COc1cc(O)cc(OC)c1C1C2=CCC3C(=O)N(c4ccc(C(=O)c5ccccc5)cc4)C(=O)C3C2CC2(Cl)C(=O)N(c3c(F)c(F)c(F)c(F)c3F)C(=O)C12Cl. The molecule has 6 atom stereocenters. The number of hydrogen-bond acceptors (Lipinski definition) is 8. The highest BCUT2D eigenvalue weighted by molar-refractivity contribution is 6.58. The second kappa shape index (κ2) is 13.7. The maximum Gasteiger partial charge on any atom is 0.258 e. The van der Waals surface area contributed by atoms with E-state index in [0.717, 1.165) is 17.0 Å². The van der Waals surface area contributed by atoms with Crippen molar-refractivity contribution in [2.75, 3.05) is 24.0 Å². The molecule has 2 aliphatic carbocycles. The van der Waals surface area contributed by atoms with Crippen molar-refractivity contribution in [1.29, 1.82) is 0 Å². The number of carbonyl (C=O) groups excluding carboxylic acids is 5. The molecule has 4 aromatic rings. The average Bonchev–Trinajstić information content (AvgIpc) is 3.56. The Morgan fingerprint density at radius 3 is 1.86 bits per heavy atom. The molecule has 298 valence electrons. The molecule has 4 aromatic carbocycles. The maximum atomic E-state index is 15.4. The van der Waals surface area contributed by atoms with Gasteiger partial charge in [0.2, 0.25) is 17.6 Å². The Morgan fingerprint density at radius 2 is 1.29 bits per heavy atom. The van der Waals surface area contributed by atoms with Gasteiger partial charge in [-0.2, -0.15) is 0 Å². The smallest absolute Gasteiger partial charge is 0.258 e. The van der Waals surface area contributed by atoms with Gasteiger partial charge in [-0.1, -0.05) is 42.0 Å². The second-order valence-corrected chi connectivity index (χ2v) is 15.5. The van der Waals surface area contributed by atoms with Gasteiger partial charge in [-0.15, -0.1) is 23.2 Å². The Balaban J connectivity index is 1.28. The van der Waals surface area contributed by atoms with Crippen molar-refractivity contribution >= 4 is 64.0 Å². The minimum Gasteiger partial charge on any atom is -0.508 e. The summed E-state index contributed by atoms with van der Waals surface area (Å²) in [6.45, 7) is 0. The van der Waals surface area contributed by atoms with E-state index in [4.69, 9.17) is 32.7 Å². The van der Waals surface area contributed by atoms with Crippen molar-refractivity contribution in [1.82, 2.24) is 0 Å². The number of aromatic hydroxyl groups is 1. The molecule has 3 fully saturated rings. The standard InChI is InChI=1S/C41H27Cl2F5N2O8/c1-57-24-14-20(51)15-25(58-2)27(24)28-21-12-13-22-26(37(54)49(36(22)53)19-10-8-18(9-11-19)35(52)17-6-4-3-5-7-17)23(21)16-40(42)38(55)50(39(56)41(28,40)43)34-32(47)30(45)29(44)31(46)33(34)48/h3-12,14-15,22-23,26,28,51H,13,16H2,1-2H3. The molecule has 2 aliphatic heterocycles. The number of carbonyl (C=O) groups is 5. The maximum absolute atomic E-state index is 15.4. The van der Waals surface area contributed by atoms with Gasteiger partial charge in [0.1, 0.15) is 22.9 Å². The molecule has 2 heterocycles. The number of hydrogen-bond donors (Lipinski definition) is 1. The van der Waals surface area contributed by atoms with Gasteiger partial charge in [0.05, 0.1) is 31.7 Å². The van der Waals surface area contributed by atoms with Crippen LogP contribution < -0.4 is 19.3 Å². The van der Waals surface area contributed by atoms with E-state index in [0.29, 0.717) is 5.56 Å². The monoisotopic (exact) mass is 840 g/mol. The number of anilines is 2. The first-order valence-electron chi connectivity index (χ1n) is 17.5. The molecule has 8 rings (SSSR count). The van der Waals surface area contributed by atoms with Crippen molar-refractivity contribution < 1.29 is 60.5 Å². The molecule has 17 heteroatoms. The van der Waals surface area contributed by atoms with E-state index in [2.05, 4.69) is 0 Å². The number of ketones is 1. The zero-order valence-corrected chi connectivity index (χ0v) is 31.5. The quantitative estimate of drug-likeness (QED) is 0.0397. The zero-order chi connectivity index (χ0) is 41.7. The number of nitrogens with zero attached hydrogens (tertiary/aromatic N) is 2. The van der Waals surface area contributed by atoms with Crippen LogP contribution in [0.15, 0.2) is 78.4 Å². The normalized spacial score (nSPS) is 26.3. The molecule has 0 aromatic heterocycles. The van der Waals surface area contributed by atoms with Crippen molar-refractivity contribution in [3.63, 3.8) is 0 Å². The number of phenolic OH excluding ortho intramolecular Hbond substituents is 1. The molecule has 58 heavy (non-hydrogen) atoms. The third kappa shape index (κ3) is 5.18. The van der Waals surface area contributed by atoms with E-state index < -0.39 is 104 Å². The predicted molar refractivity (Wildman–Crippen MR) is 196 cm³/mol. The Bertz CT molecular complexity index is 2490. The van der Waals surface area contributed by atoms with E-state index in [1.54, 1.807) is 30.3 Å². The summed E-state index contributed by atoms with van der Waals surface area (Å²) < 4.78 is 85.3. The summed E-state index contributed by atoms with van der Waals surface area (Å²) in [5.74, 6) is -23.7. The summed E-state index contributed by atoms with van der Waals surface area (Å²) in [5.41, 5.74) is -1.13. The van der Waals surface area contributed by atoms with Crippen LogP contribution in [0.5, 0.6) is 17.2 Å². The van der Waals surface area contributed by atoms with Crippen LogP contribution in [0.1, 0.15) is 40.2 Å². The van der Waals surface area contributed by atoms with Crippen LogP contribution in [0, 0.1) is 46.8 Å². The number of ether oxygens (including phenoxy) is 2. The van der Waals surface area contributed by atoms with Crippen LogP contribution in [0.4, 0.5) is 33.3 Å². The number of phenols is 1. The Hall–Kier alpha value is -5.80. The highest BCUT2D eigenvalue weighted by atomic mass is 35.5. The molecule has 2 saturated heterocycles. The number of rotatable bonds is 7. The molecule has 4 aliphatic rings. The van der Waals surface area contributed by atoms with E-state index in [1.807, 2.05) is 0 Å². The van der Waals surface area contributed by atoms with Crippen molar-refractivity contribution in [3.05, 3.63) is 124 Å². The lowest BCUT2D eigenvalue weighted by Crippen LogP contribution is -2.60. The minimum absolute atomic E-state index is 0.113. The number of amides is 4. The summed E-state index contributed by atoms with van der Waals surface area (Å²) in [6.07, 6.45) is 0.642. The predicted octanol–water partition coefficient (Wildman–Crippen LogP) is 7.10. The second-order valence-electron chi connectivity index (χ2n) is 14.2. The van der Waals surface area contributed by atoms with Crippen LogP contribution in [0.25, 0.3) is 0 Å². The van der Waals surface area contributed by atoms with Gasteiger partial charge in [-0.05, 0) is 43.0 Å². The van der Waals surface area contributed by atoms with E-state index in [-0.39, 0.29) is 51.0 Å². The molecule has 1 saturated carbocycles. The van der Waals surface area contributed by atoms with Crippen LogP contribution >= 0.6 is 23.2 Å². The molecule has 0 radical (unpaired) electrons. The van der Waals surface area contributed by atoms with Gasteiger partial charge in [-0.3, -0.25) is 28.9 Å². The number of halogens is 7. The van der Waals surface area contributed by atoms with E-state index in [1.165, 1.54) is 44.6 Å². The first-order valence-corrected chi connectivity index (χ1v) is 18.3. The van der Waals surface area contributed by atoms with Crippen molar-refractivity contribution in [3.8, 4) is 17.2 Å². The highest BCUT2D eigenvalue weighted by Gasteiger charge is 2.77. The fourth-order valence-corrected chi connectivity index (χ4v) is 9.78. The third-order valence-corrected chi connectivity index (χ3v) is 12.9. The Morgan fingerprint density at radius 1 is 0.741 bits per heavy atom. The Kier molecular flexibility index (Phi) is 9.19. The molecule has 6 unspecified atom stereocenters. The van der Waals surface area contributed by atoms with Crippen LogP contribution in [0.3, 0.4) is 0 Å². The summed E-state index contributed by atoms with van der Waals surface area (Å²) >= 11 is 14.5. The number of benzene rings is 4. The van der Waals surface area contributed by atoms with Gasteiger partial charge in [0, 0.05) is 34.7 Å². The van der Waals surface area contributed by atoms with Crippen molar-refractivity contribution in [2.45, 2.75) is 28.5 Å². The molecule has 0 spiro atoms. The fraction of sp³-hybridized carbons (Fsp3) is 0.244. The summed E-state index contributed by atoms with van der Waals surface area (Å²) in [4.78, 5) is 65.9. The van der Waals surface area contributed by atoms with E-state index >= 15 is 8.78 Å². The highest BCUT2D eigenvalue weighted by Crippen LogP contribution is 2.68. The van der Waals surface area contributed by atoms with Gasteiger partial charge in [0.25, 0.3) is 11.8 Å². The number of allylic oxidation sites excluding steroid dienone is 2. The number of methoxy groups -OCH3 is 2. The zero-order valence-electron chi connectivity index (χ0n) is 30.0. The van der Waals surface area contributed by atoms with Gasteiger partial charge < -0.3 is 14.6 Å². The molecule has 0 bridgehead atoms. The first kappa shape index (κ1) is 39.0. The summed E-state index contributed by atoms with van der Waals surface area (Å²) in [7, 11) is 2.35. The molecular weight excluding hydrogens is 814 g/mol. The van der Waals surface area contributed by atoms with Crippen LogP contribution in [-0.4, -0.2) is 58.5 Å². The summed E-state index contributed by atoms with van der Waals surface area (Å²) in [5, 5.41) is 10.5. The van der Waals surface area contributed by atoms with E-state index in [9.17, 15) is 42.3 Å². The average molecular weight is 842 g/mol. The fourth-order valence-electron chi connectivity index (χ4n) is 8.87. The molecule has 10 nitrogen and oxygen atoms in total. The molecule has 4 amide bonds. The largest absolute Gasteiger partial charge is 0.508 e. The topological polar surface area (TPSA) is 131 Å². The summed E-state index contributed by atoms with van der Waals surface area (Å²) in [6, 6.07) is 16.3. The Labute approximate surface area is 335 Å². The van der Waals surface area contributed by atoms with Crippen LogP contribution in [0.2, 0.25) is 0 Å². The lowest BCUT2D eigenvalue weighted by molar-refractivity contribution is -0.125. The molecule has 1 N–H and O–H groups in total. The van der Waals surface area contributed by atoms with Crippen molar-refractivity contribution in [2.24, 2.45) is 17.8 Å². The first-order chi connectivity index (χ1) is 27.5. The van der Waals surface area contributed by atoms with Gasteiger partial charge in [0.15, 0.2) is 38.8 Å². The lowest BCUT2D eigenvalue weighted by Gasteiger charge is -2.51. The number of imide groups is 2. The minimum atomic E-state index is -2.86. The van der Waals surface area contributed by atoms with Crippen LogP contribution in [-0.2, 0) is 19.2 Å². The van der Waals surface area contributed by atoms with Gasteiger partial charge >= 0.3 is 0 Å². The van der Waals surface area contributed by atoms with Gasteiger partial charge in [-0.25, -0.2) is 26.9 Å². The number of fused-ring (bicyclic) bond motifs is 4. The third-order valence-electron chi connectivity index (χ3n) is 11.5. The molecular formula is C41H27Cl2F5N2O8. The lowest BCUT2D eigenvalue weighted by atomic mass is 9.56. The number of alkyl halides is 2.